The molecule has 3 atom stereocenters. The van der Waals surface area contributed by atoms with Crippen molar-refractivity contribution in [2.24, 2.45) is 5.92 Å². The number of carboxylic acids is 1. The van der Waals surface area contributed by atoms with E-state index in [1.807, 2.05) is 27.8 Å². The Labute approximate surface area is 121 Å². The zero-order valence-corrected chi connectivity index (χ0v) is 12.9. The fourth-order valence-corrected chi connectivity index (χ4v) is 2.57. The lowest BCUT2D eigenvalue weighted by Gasteiger charge is -2.30. The minimum absolute atomic E-state index is 0.0820. The van der Waals surface area contributed by atoms with Gasteiger partial charge in [-0.05, 0) is 32.9 Å². The van der Waals surface area contributed by atoms with E-state index in [-0.39, 0.29) is 18.0 Å². The molecule has 0 aromatic rings. The van der Waals surface area contributed by atoms with Crippen molar-refractivity contribution in [3.05, 3.63) is 0 Å². The van der Waals surface area contributed by atoms with Gasteiger partial charge in [0.1, 0.15) is 6.04 Å². The maximum Gasteiger partial charge on any atom is 0.326 e. The monoisotopic (exact) mass is 285 g/mol. The SMILES string of the molecule is CCC(C)[C@H](NC(=O)N1CCCN(C)CC1C)C(=O)O. The first-order valence-corrected chi connectivity index (χ1v) is 7.35. The van der Waals surface area contributed by atoms with Crippen LogP contribution < -0.4 is 5.32 Å². The van der Waals surface area contributed by atoms with Crippen LogP contribution in [0.25, 0.3) is 0 Å². The number of urea groups is 1. The average molecular weight is 285 g/mol. The molecule has 20 heavy (non-hydrogen) atoms. The van der Waals surface area contributed by atoms with E-state index in [2.05, 4.69) is 10.2 Å². The quantitative estimate of drug-likeness (QED) is 0.814. The molecule has 0 saturated carbocycles. The van der Waals surface area contributed by atoms with Gasteiger partial charge in [0.15, 0.2) is 0 Å². The largest absolute Gasteiger partial charge is 0.480 e. The number of hydrogen-bond acceptors (Lipinski definition) is 3. The third kappa shape index (κ3) is 4.37. The fraction of sp³-hybridized carbons (Fsp3) is 0.857. The highest BCUT2D eigenvalue weighted by atomic mass is 16.4. The highest BCUT2D eigenvalue weighted by molar-refractivity contribution is 5.83. The molecule has 0 spiro atoms. The number of nitrogens with zero attached hydrogens (tertiary/aromatic N) is 2. The van der Waals surface area contributed by atoms with Gasteiger partial charge in [0.25, 0.3) is 0 Å². The molecule has 1 saturated heterocycles. The highest BCUT2D eigenvalue weighted by Gasteiger charge is 2.30. The van der Waals surface area contributed by atoms with E-state index in [1.165, 1.54) is 0 Å². The van der Waals surface area contributed by atoms with E-state index in [0.29, 0.717) is 6.54 Å². The van der Waals surface area contributed by atoms with Crippen LogP contribution in [-0.2, 0) is 4.79 Å². The van der Waals surface area contributed by atoms with Gasteiger partial charge in [-0.3, -0.25) is 0 Å². The van der Waals surface area contributed by atoms with Crippen LogP contribution in [0.1, 0.15) is 33.6 Å². The van der Waals surface area contributed by atoms with E-state index >= 15 is 0 Å². The number of carboxylic acid groups (broad SMARTS) is 1. The molecule has 1 aliphatic heterocycles. The van der Waals surface area contributed by atoms with Gasteiger partial charge in [0.05, 0.1) is 0 Å². The van der Waals surface area contributed by atoms with Gasteiger partial charge in [-0.1, -0.05) is 20.3 Å². The molecule has 0 aliphatic carbocycles. The predicted molar refractivity (Wildman–Crippen MR) is 77.7 cm³/mol. The number of aliphatic carboxylic acids is 1. The molecular formula is C14H27N3O3. The second-order valence-corrected chi connectivity index (χ2v) is 5.81. The second-order valence-electron chi connectivity index (χ2n) is 5.81. The van der Waals surface area contributed by atoms with Crippen molar-refractivity contribution in [1.82, 2.24) is 15.1 Å². The maximum absolute atomic E-state index is 12.3. The molecule has 1 fully saturated rings. The summed E-state index contributed by atoms with van der Waals surface area (Å²) in [6, 6.07) is -0.991. The number of hydrogen-bond donors (Lipinski definition) is 2. The van der Waals surface area contributed by atoms with Crippen molar-refractivity contribution in [2.45, 2.75) is 45.7 Å². The van der Waals surface area contributed by atoms with Gasteiger partial charge in [0.2, 0.25) is 0 Å². The average Bonchev–Trinajstić information content (AvgIpc) is 2.55. The molecule has 6 nitrogen and oxygen atoms in total. The van der Waals surface area contributed by atoms with E-state index in [9.17, 15) is 14.7 Å². The van der Waals surface area contributed by atoms with Gasteiger partial charge in [-0.15, -0.1) is 0 Å². The summed E-state index contributed by atoms with van der Waals surface area (Å²) < 4.78 is 0. The van der Waals surface area contributed by atoms with E-state index in [1.54, 1.807) is 4.90 Å². The molecule has 0 radical (unpaired) electrons. The Morgan fingerprint density at radius 1 is 1.40 bits per heavy atom. The first-order chi connectivity index (χ1) is 9.36. The van der Waals surface area contributed by atoms with Gasteiger partial charge in [0, 0.05) is 19.1 Å². The zero-order valence-electron chi connectivity index (χ0n) is 12.9. The summed E-state index contributed by atoms with van der Waals surface area (Å²) in [6.07, 6.45) is 1.63. The molecular weight excluding hydrogens is 258 g/mol. The minimum atomic E-state index is -0.965. The highest BCUT2D eigenvalue weighted by Crippen LogP contribution is 2.12. The number of carbonyl (C=O) groups is 2. The summed E-state index contributed by atoms with van der Waals surface area (Å²) in [4.78, 5) is 27.6. The van der Waals surface area contributed by atoms with Gasteiger partial charge in [-0.2, -0.15) is 0 Å². The normalized spacial score (nSPS) is 23.8. The molecule has 1 heterocycles. The van der Waals surface area contributed by atoms with Crippen molar-refractivity contribution in [3.8, 4) is 0 Å². The van der Waals surface area contributed by atoms with Crippen molar-refractivity contribution >= 4 is 12.0 Å². The molecule has 2 amide bonds. The van der Waals surface area contributed by atoms with Crippen LogP contribution in [0.2, 0.25) is 0 Å². The van der Waals surface area contributed by atoms with Gasteiger partial charge in [-0.25, -0.2) is 9.59 Å². The van der Waals surface area contributed by atoms with Crippen molar-refractivity contribution < 1.29 is 14.7 Å². The Kier molecular flexibility index (Phi) is 6.26. The zero-order chi connectivity index (χ0) is 15.3. The van der Waals surface area contributed by atoms with Crippen molar-refractivity contribution in [2.75, 3.05) is 26.7 Å². The number of amides is 2. The Hall–Kier alpha value is -1.30. The maximum atomic E-state index is 12.3. The molecule has 1 aliphatic rings. The summed E-state index contributed by atoms with van der Waals surface area (Å²) in [5.41, 5.74) is 0. The molecule has 0 bridgehead atoms. The summed E-state index contributed by atoms with van der Waals surface area (Å²) in [5, 5.41) is 11.9. The van der Waals surface area contributed by atoms with E-state index in [0.717, 1.165) is 25.9 Å². The first kappa shape index (κ1) is 16.8. The molecule has 2 unspecified atom stereocenters. The predicted octanol–water partition coefficient (Wildman–Crippen LogP) is 1.22. The van der Waals surface area contributed by atoms with Crippen LogP contribution in [0.5, 0.6) is 0 Å². The molecule has 1 rings (SSSR count). The number of likely N-dealkylation sites (N-methyl/N-ethyl adjacent to an activating group) is 1. The lowest BCUT2D eigenvalue weighted by Crippen LogP contribution is -2.53. The molecule has 116 valence electrons. The Bertz CT molecular complexity index is 349. The van der Waals surface area contributed by atoms with Crippen LogP contribution in [-0.4, -0.2) is 65.7 Å². The van der Waals surface area contributed by atoms with Crippen molar-refractivity contribution in [3.63, 3.8) is 0 Å². The Balaban J connectivity index is 2.70. The molecule has 2 N–H and O–H groups in total. The molecule has 0 aromatic carbocycles. The van der Waals surface area contributed by atoms with Crippen LogP contribution in [0.15, 0.2) is 0 Å². The lowest BCUT2D eigenvalue weighted by atomic mass is 9.99. The molecule has 6 heteroatoms. The van der Waals surface area contributed by atoms with Crippen LogP contribution >= 0.6 is 0 Å². The molecule has 0 aromatic heterocycles. The number of rotatable bonds is 4. The van der Waals surface area contributed by atoms with E-state index < -0.39 is 12.0 Å². The van der Waals surface area contributed by atoms with Gasteiger partial charge >= 0.3 is 12.0 Å². The summed E-state index contributed by atoms with van der Waals surface area (Å²) >= 11 is 0. The number of nitrogens with one attached hydrogen (secondary N) is 1. The number of carbonyl (C=O) groups excluding carboxylic acids is 1. The second kappa shape index (κ2) is 7.47. The van der Waals surface area contributed by atoms with Crippen molar-refractivity contribution in [1.29, 1.82) is 0 Å². The smallest absolute Gasteiger partial charge is 0.326 e. The summed E-state index contributed by atoms with van der Waals surface area (Å²) in [6.45, 7) is 8.22. The van der Waals surface area contributed by atoms with Crippen LogP contribution in [0, 0.1) is 5.92 Å². The lowest BCUT2D eigenvalue weighted by molar-refractivity contribution is -0.140. The van der Waals surface area contributed by atoms with E-state index in [4.69, 9.17) is 0 Å². The van der Waals surface area contributed by atoms with Crippen LogP contribution in [0.3, 0.4) is 0 Å². The Morgan fingerprint density at radius 3 is 2.60 bits per heavy atom. The summed E-state index contributed by atoms with van der Waals surface area (Å²) in [5.74, 6) is -1.05. The topological polar surface area (TPSA) is 72.9 Å². The third-order valence-corrected chi connectivity index (χ3v) is 4.07. The van der Waals surface area contributed by atoms with Gasteiger partial charge < -0.3 is 20.2 Å². The third-order valence-electron chi connectivity index (χ3n) is 4.07. The standard InChI is InChI=1S/C14H27N3O3/c1-5-10(2)12(13(18)19)15-14(20)17-8-6-7-16(4)9-11(17)3/h10-12H,5-9H2,1-4H3,(H,15,20)(H,18,19)/t10?,11?,12-/m0/s1. The minimum Gasteiger partial charge on any atom is -0.480 e. The van der Waals surface area contributed by atoms with Crippen LogP contribution in [0.4, 0.5) is 4.79 Å². The summed E-state index contributed by atoms with van der Waals surface area (Å²) in [7, 11) is 2.04. The Morgan fingerprint density at radius 2 is 2.05 bits per heavy atom. The first-order valence-electron chi connectivity index (χ1n) is 7.35. The fourth-order valence-electron chi connectivity index (χ4n) is 2.57.